The van der Waals surface area contributed by atoms with Crippen LogP contribution in [0.3, 0.4) is 0 Å². The highest BCUT2D eigenvalue weighted by molar-refractivity contribution is 9.10. The van der Waals surface area contributed by atoms with E-state index in [2.05, 4.69) is 21.0 Å². The maximum absolute atomic E-state index is 12.4. The predicted octanol–water partition coefficient (Wildman–Crippen LogP) is 2.41. The number of benzene rings is 1. The molecule has 2 rings (SSSR count). The van der Waals surface area contributed by atoms with Gasteiger partial charge in [0.05, 0.1) is 16.7 Å². The van der Waals surface area contributed by atoms with Crippen LogP contribution in [0.5, 0.6) is 0 Å². The largest absolute Gasteiger partial charge is 0.478 e. The fourth-order valence-corrected chi connectivity index (χ4v) is 3.73. The van der Waals surface area contributed by atoms with E-state index in [0.717, 1.165) is 18.2 Å². The molecule has 0 aliphatic rings. The molecule has 3 N–H and O–H groups in total. The van der Waals surface area contributed by atoms with Crippen molar-refractivity contribution in [2.24, 2.45) is 0 Å². The van der Waals surface area contributed by atoms with E-state index in [1.165, 1.54) is 0 Å². The van der Waals surface area contributed by atoms with Gasteiger partial charge in [0.25, 0.3) is 10.0 Å². The van der Waals surface area contributed by atoms with Gasteiger partial charge in [-0.05, 0) is 18.2 Å². The lowest BCUT2D eigenvalue weighted by Crippen LogP contribution is -2.18. The molecule has 0 spiro atoms. The number of aromatic carboxylic acids is 2. The number of nitrogens with one attached hydrogen (secondary N) is 1. The first-order valence-electron chi connectivity index (χ1n) is 6.73. The van der Waals surface area contributed by atoms with E-state index in [0.29, 0.717) is 6.20 Å². The van der Waals surface area contributed by atoms with Gasteiger partial charge in [0.2, 0.25) is 0 Å². The second-order valence-corrected chi connectivity index (χ2v) is 7.69. The molecule has 0 aliphatic carbocycles. The Balaban J connectivity index is 2.46. The zero-order valence-electron chi connectivity index (χ0n) is 12.9. The number of sulfonamides is 1. The molecule has 1 aromatic heterocycles. The molecule has 14 heteroatoms. The average Bonchev–Trinajstić information content (AvgIpc) is 2.86. The maximum Gasteiger partial charge on any atom is 0.408 e. The Hall–Kier alpha value is -2.61. The number of nitrogens with zero attached hydrogens (tertiary/aromatic N) is 2. The van der Waals surface area contributed by atoms with Gasteiger partial charge in [-0.25, -0.2) is 18.0 Å². The van der Waals surface area contributed by atoms with Crippen molar-refractivity contribution < 1.29 is 41.4 Å². The standard InChI is InChI=1S/C13H9BrF3N3O6S/c14-7-1-6(11(21)22)2-8(3-7)27(25,26)19-9-4-20(5-13(15,16)17)18-10(9)12(23)24/h1-4,19H,5H2,(H,21,22)(H,23,24). The molecule has 0 radical (unpaired) electrons. The second-order valence-electron chi connectivity index (χ2n) is 5.10. The summed E-state index contributed by atoms with van der Waals surface area (Å²) >= 11 is 2.94. The fraction of sp³-hybridized carbons (Fsp3) is 0.154. The predicted molar refractivity (Wildman–Crippen MR) is 87.2 cm³/mol. The van der Waals surface area contributed by atoms with Crippen molar-refractivity contribution in [1.82, 2.24) is 9.78 Å². The molecule has 1 heterocycles. The molecule has 0 bridgehead atoms. The molecule has 1 aromatic carbocycles. The number of alkyl halides is 3. The lowest BCUT2D eigenvalue weighted by atomic mass is 10.2. The van der Waals surface area contributed by atoms with Crippen molar-refractivity contribution >= 4 is 43.6 Å². The third-order valence-corrected chi connectivity index (χ3v) is 4.78. The van der Waals surface area contributed by atoms with E-state index in [1.54, 1.807) is 0 Å². The number of halogens is 4. The zero-order valence-corrected chi connectivity index (χ0v) is 15.3. The Morgan fingerprint density at radius 1 is 1.19 bits per heavy atom. The van der Waals surface area contributed by atoms with Crippen LogP contribution in [0.2, 0.25) is 0 Å². The molecule has 2 aromatic rings. The number of carbonyl (C=O) groups is 2. The highest BCUT2D eigenvalue weighted by atomic mass is 79.9. The molecule has 27 heavy (non-hydrogen) atoms. The topological polar surface area (TPSA) is 139 Å². The minimum absolute atomic E-state index is 0.106. The molecule has 0 atom stereocenters. The summed E-state index contributed by atoms with van der Waals surface area (Å²) in [5.74, 6) is -3.17. The molecule has 0 unspecified atom stereocenters. The van der Waals surface area contributed by atoms with Crippen LogP contribution < -0.4 is 4.72 Å². The summed E-state index contributed by atoms with van der Waals surface area (Å²) < 4.78 is 64.3. The quantitative estimate of drug-likeness (QED) is 0.587. The van der Waals surface area contributed by atoms with Crippen molar-refractivity contribution in [2.75, 3.05) is 4.72 Å². The van der Waals surface area contributed by atoms with E-state index in [4.69, 9.17) is 10.2 Å². The molecule has 0 aliphatic heterocycles. The number of carboxylic acids is 2. The first-order chi connectivity index (χ1) is 12.3. The van der Waals surface area contributed by atoms with Gasteiger partial charge in [0, 0.05) is 4.47 Å². The number of hydrogen-bond donors (Lipinski definition) is 3. The lowest BCUT2D eigenvalue weighted by molar-refractivity contribution is -0.142. The van der Waals surface area contributed by atoms with Crippen molar-refractivity contribution in [3.8, 4) is 0 Å². The molecule has 0 saturated heterocycles. The maximum atomic E-state index is 12.4. The monoisotopic (exact) mass is 471 g/mol. The molecule has 9 nitrogen and oxygen atoms in total. The lowest BCUT2D eigenvalue weighted by Gasteiger charge is -2.08. The summed E-state index contributed by atoms with van der Waals surface area (Å²) in [6, 6.07) is 2.97. The van der Waals surface area contributed by atoms with Gasteiger partial charge in [0.1, 0.15) is 12.2 Å². The van der Waals surface area contributed by atoms with Gasteiger partial charge in [-0.2, -0.15) is 18.3 Å². The molecule has 0 fully saturated rings. The molecule has 0 amide bonds. The minimum atomic E-state index is -4.71. The number of rotatable bonds is 6. The van der Waals surface area contributed by atoms with Crippen molar-refractivity contribution in [3.63, 3.8) is 0 Å². The molecular weight excluding hydrogens is 463 g/mol. The SMILES string of the molecule is O=C(O)c1cc(Br)cc(S(=O)(=O)Nc2cn(CC(F)(F)F)nc2C(=O)O)c1. The normalized spacial score (nSPS) is 12.0. The van der Waals surface area contributed by atoms with Crippen LogP contribution >= 0.6 is 15.9 Å². The number of anilines is 1. The Bertz CT molecular complexity index is 1020. The van der Waals surface area contributed by atoms with Gasteiger partial charge < -0.3 is 10.2 Å². The van der Waals surface area contributed by atoms with Crippen LogP contribution in [0.4, 0.5) is 18.9 Å². The Labute approximate surface area is 157 Å². The smallest absolute Gasteiger partial charge is 0.408 e. The Morgan fingerprint density at radius 3 is 2.33 bits per heavy atom. The summed E-state index contributed by atoms with van der Waals surface area (Å²) in [5.41, 5.74) is -2.03. The van der Waals surface area contributed by atoms with Crippen molar-refractivity contribution in [1.29, 1.82) is 0 Å². The van der Waals surface area contributed by atoms with E-state index < -0.39 is 51.0 Å². The molecule has 0 saturated carbocycles. The van der Waals surface area contributed by atoms with Crippen LogP contribution in [0, 0.1) is 0 Å². The van der Waals surface area contributed by atoms with E-state index in [1.807, 2.05) is 4.72 Å². The van der Waals surface area contributed by atoms with Gasteiger partial charge in [-0.1, -0.05) is 15.9 Å². The summed E-state index contributed by atoms with van der Waals surface area (Å²) in [6.45, 7) is -1.63. The van der Waals surface area contributed by atoms with Crippen LogP contribution in [-0.2, 0) is 16.6 Å². The van der Waals surface area contributed by atoms with Crippen LogP contribution in [0.15, 0.2) is 33.8 Å². The van der Waals surface area contributed by atoms with Crippen molar-refractivity contribution in [2.45, 2.75) is 17.6 Å². The first-order valence-corrected chi connectivity index (χ1v) is 9.00. The summed E-state index contributed by atoms with van der Waals surface area (Å²) in [4.78, 5) is 21.6. The van der Waals surface area contributed by atoms with Crippen LogP contribution in [0.1, 0.15) is 20.8 Å². The number of aromatic nitrogens is 2. The van der Waals surface area contributed by atoms with Gasteiger partial charge >= 0.3 is 18.1 Å². The summed E-state index contributed by atoms with van der Waals surface area (Å²) in [7, 11) is -4.52. The Kier molecular flexibility index (Phi) is 5.51. The highest BCUT2D eigenvalue weighted by Gasteiger charge is 2.31. The van der Waals surface area contributed by atoms with Gasteiger partial charge in [-0.3, -0.25) is 9.40 Å². The van der Waals surface area contributed by atoms with Crippen molar-refractivity contribution in [3.05, 3.63) is 40.1 Å². The van der Waals surface area contributed by atoms with E-state index in [-0.39, 0.29) is 14.7 Å². The third-order valence-electron chi connectivity index (χ3n) is 2.98. The van der Waals surface area contributed by atoms with Crippen LogP contribution in [-0.4, -0.2) is 46.5 Å². The number of hydrogen-bond acceptors (Lipinski definition) is 5. The molecular formula is C13H9BrF3N3O6S. The van der Waals surface area contributed by atoms with Gasteiger partial charge in [-0.15, -0.1) is 0 Å². The van der Waals surface area contributed by atoms with E-state index in [9.17, 15) is 31.2 Å². The number of carboxylic acid groups (broad SMARTS) is 2. The highest BCUT2D eigenvalue weighted by Crippen LogP contribution is 2.25. The molecule has 146 valence electrons. The second kappa shape index (κ2) is 7.19. The first kappa shape index (κ1) is 20.7. The fourth-order valence-electron chi connectivity index (χ4n) is 1.96. The summed E-state index contributed by atoms with van der Waals surface area (Å²) in [5, 5.41) is 21.2. The minimum Gasteiger partial charge on any atom is -0.478 e. The van der Waals surface area contributed by atoms with Gasteiger partial charge in [0.15, 0.2) is 5.69 Å². The van der Waals surface area contributed by atoms with Crippen LogP contribution in [0.25, 0.3) is 0 Å². The zero-order chi connectivity index (χ0) is 20.6. The average molecular weight is 472 g/mol. The Morgan fingerprint density at radius 2 is 1.81 bits per heavy atom. The summed E-state index contributed by atoms with van der Waals surface area (Å²) in [6.07, 6.45) is -4.14. The third kappa shape index (κ3) is 5.19. The van der Waals surface area contributed by atoms with E-state index >= 15 is 0 Å².